The van der Waals surface area contributed by atoms with Crippen molar-refractivity contribution in [2.75, 3.05) is 13.2 Å². The average Bonchev–Trinajstić information content (AvgIpc) is 3.23. The number of aromatic nitrogens is 3. The molecule has 1 aromatic heterocycles. The van der Waals surface area contributed by atoms with Gasteiger partial charge in [0.2, 0.25) is 6.54 Å². The standard InChI is InChI=1S/C27H26ClFN4O4S/c1-4-36-24-14-20(13-23(28)26(24)37-16-19-6-5-7-21(29)12-19)25(15-32(34)35)38-27-31-30-18(3)33(27)22-10-8-17(2)9-11-22/h5-14,25H,4,15-16H2,1-3H3/t25-/m1/s1. The number of ether oxygens (including phenoxy) is 2. The number of rotatable bonds is 11. The van der Waals surface area contributed by atoms with Crippen molar-refractivity contribution >= 4 is 23.4 Å². The van der Waals surface area contributed by atoms with Crippen LogP contribution in [0.2, 0.25) is 5.02 Å². The Labute approximate surface area is 228 Å². The maximum atomic E-state index is 13.6. The number of nitro groups is 1. The Morgan fingerprint density at radius 2 is 1.87 bits per heavy atom. The molecular formula is C27H26ClFN4O4S. The van der Waals surface area contributed by atoms with Crippen molar-refractivity contribution in [2.24, 2.45) is 0 Å². The van der Waals surface area contributed by atoms with E-state index in [9.17, 15) is 14.5 Å². The van der Waals surface area contributed by atoms with Crippen LogP contribution < -0.4 is 9.47 Å². The van der Waals surface area contributed by atoms with E-state index in [4.69, 9.17) is 21.1 Å². The lowest BCUT2D eigenvalue weighted by atomic mass is 10.1. The van der Waals surface area contributed by atoms with E-state index in [1.165, 1.54) is 23.9 Å². The molecule has 11 heteroatoms. The van der Waals surface area contributed by atoms with E-state index in [0.717, 1.165) is 11.3 Å². The Balaban J connectivity index is 1.67. The Kier molecular flexibility index (Phi) is 8.85. The van der Waals surface area contributed by atoms with Crippen molar-refractivity contribution in [3.8, 4) is 17.2 Å². The molecule has 0 bridgehead atoms. The molecule has 3 aromatic carbocycles. The third-order valence-corrected chi connectivity index (χ3v) is 7.09. The first kappa shape index (κ1) is 27.4. The molecule has 0 fully saturated rings. The fourth-order valence-corrected chi connectivity index (χ4v) is 5.27. The number of halogens is 2. The Bertz CT molecular complexity index is 1430. The second-order valence-corrected chi connectivity index (χ2v) is 10.1. The van der Waals surface area contributed by atoms with Crippen LogP contribution in [0.25, 0.3) is 5.69 Å². The van der Waals surface area contributed by atoms with Gasteiger partial charge >= 0.3 is 0 Å². The van der Waals surface area contributed by atoms with Crippen molar-refractivity contribution in [1.82, 2.24) is 14.8 Å². The van der Waals surface area contributed by atoms with Crippen LogP contribution in [0.15, 0.2) is 65.8 Å². The van der Waals surface area contributed by atoms with E-state index < -0.39 is 5.25 Å². The first-order chi connectivity index (χ1) is 18.2. The number of benzene rings is 3. The summed E-state index contributed by atoms with van der Waals surface area (Å²) in [4.78, 5) is 11.3. The van der Waals surface area contributed by atoms with Crippen LogP contribution in [-0.2, 0) is 6.61 Å². The summed E-state index contributed by atoms with van der Waals surface area (Å²) in [6.45, 7) is 5.65. The average molecular weight is 557 g/mol. The lowest BCUT2D eigenvalue weighted by Gasteiger charge is -2.19. The Morgan fingerprint density at radius 1 is 1.11 bits per heavy atom. The van der Waals surface area contributed by atoms with E-state index >= 15 is 0 Å². The molecule has 0 aliphatic carbocycles. The maximum Gasteiger partial charge on any atom is 0.220 e. The molecule has 0 spiro atoms. The highest BCUT2D eigenvalue weighted by Gasteiger charge is 2.26. The molecule has 0 radical (unpaired) electrons. The Hall–Kier alpha value is -3.63. The summed E-state index contributed by atoms with van der Waals surface area (Å²) in [5.74, 6) is 0.915. The zero-order valence-electron chi connectivity index (χ0n) is 21.1. The molecule has 38 heavy (non-hydrogen) atoms. The molecule has 0 saturated carbocycles. The molecule has 0 unspecified atom stereocenters. The summed E-state index contributed by atoms with van der Waals surface area (Å²) in [5, 5.41) is 20.2. The van der Waals surface area contributed by atoms with Gasteiger partial charge in [-0.25, -0.2) is 4.39 Å². The van der Waals surface area contributed by atoms with E-state index in [1.54, 1.807) is 24.3 Å². The van der Waals surface area contributed by atoms with E-state index in [0.29, 0.717) is 34.5 Å². The summed E-state index contributed by atoms with van der Waals surface area (Å²) in [5.41, 5.74) is 3.17. The van der Waals surface area contributed by atoms with Gasteiger partial charge in [-0.15, -0.1) is 10.2 Å². The highest BCUT2D eigenvalue weighted by molar-refractivity contribution is 7.99. The summed E-state index contributed by atoms with van der Waals surface area (Å²) in [6, 6.07) is 17.2. The predicted molar refractivity (Wildman–Crippen MR) is 145 cm³/mol. The van der Waals surface area contributed by atoms with Crippen LogP contribution in [0.3, 0.4) is 0 Å². The smallest absolute Gasteiger partial charge is 0.220 e. The van der Waals surface area contributed by atoms with Crippen molar-refractivity contribution in [3.63, 3.8) is 0 Å². The molecule has 8 nitrogen and oxygen atoms in total. The molecule has 4 rings (SSSR count). The van der Waals surface area contributed by atoms with Gasteiger partial charge < -0.3 is 9.47 Å². The van der Waals surface area contributed by atoms with Crippen LogP contribution in [0.4, 0.5) is 4.39 Å². The minimum atomic E-state index is -0.647. The van der Waals surface area contributed by atoms with Gasteiger partial charge in [0.15, 0.2) is 16.7 Å². The summed E-state index contributed by atoms with van der Waals surface area (Å²) < 4.78 is 27.1. The normalized spacial score (nSPS) is 11.8. The largest absolute Gasteiger partial charge is 0.490 e. The summed E-state index contributed by atoms with van der Waals surface area (Å²) >= 11 is 7.83. The molecule has 0 amide bonds. The highest BCUT2D eigenvalue weighted by Crippen LogP contribution is 2.43. The number of hydrogen-bond acceptors (Lipinski definition) is 7. The molecule has 1 atom stereocenters. The van der Waals surface area contributed by atoms with Crippen LogP contribution in [0.1, 0.15) is 34.7 Å². The number of aryl methyl sites for hydroxylation is 2. The minimum Gasteiger partial charge on any atom is -0.490 e. The summed E-state index contributed by atoms with van der Waals surface area (Å²) in [7, 11) is 0. The number of hydrogen-bond donors (Lipinski definition) is 0. The topological polar surface area (TPSA) is 92.3 Å². The molecule has 0 N–H and O–H groups in total. The molecule has 0 aliphatic rings. The molecule has 198 valence electrons. The van der Waals surface area contributed by atoms with Crippen LogP contribution in [0, 0.1) is 29.8 Å². The van der Waals surface area contributed by atoms with Crippen LogP contribution in [-0.4, -0.2) is 32.8 Å². The number of thioether (sulfide) groups is 1. The van der Waals surface area contributed by atoms with Crippen molar-refractivity contribution in [3.05, 3.63) is 104 Å². The number of nitrogens with zero attached hydrogens (tertiary/aromatic N) is 4. The SMILES string of the molecule is CCOc1cc([C@@H](C[N+](=O)[O-])Sc2nnc(C)n2-c2ccc(C)cc2)cc(Cl)c1OCc1cccc(F)c1. The van der Waals surface area contributed by atoms with Gasteiger partial charge in [-0.05, 0) is 68.3 Å². The quantitative estimate of drug-likeness (QED) is 0.114. The third kappa shape index (κ3) is 6.62. The molecule has 0 saturated heterocycles. The minimum absolute atomic E-state index is 0.0723. The van der Waals surface area contributed by atoms with E-state index in [2.05, 4.69) is 10.2 Å². The van der Waals surface area contributed by atoms with E-state index in [1.807, 2.05) is 49.6 Å². The molecule has 4 aromatic rings. The van der Waals surface area contributed by atoms with Crippen molar-refractivity contribution in [2.45, 2.75) is 37.8 Å². The zero-order valence-corrected chi connectivity index (χ0v) is 22.6. The molecule has 1 heterocycles. The molecular weight excluding hydrogens is 531 g/mol. The van der Waals surface area contributed by atoms with Gasteiger partial charge in [0, 0.05) is 10.6 Å². The van der Waals surface area contributed by atoms with Crippen molar-refractivity contribution < 1.29 is 18.8 Å². The fraction of sp³-hybridized carbons (Fsp3) is 0.259. The lowest BCUT2D eigenvalue weighted by molar-refractivity contribution is -0.479. The lowest BCUT2D eigenvalue weighted by Crippen LogP contribution is -2.12. The van der Waals surface area contributed by atoms with Crippen LogP contribution >= 0.6 is 23.4 Å². The van der Waals surface area contributed by atoms with E-state index in [-0.39, 0.29) is 34.7 Å². The maximum absolute atomic E-state index is 13.6. The van der Waals surface area contributed by atoms with Gasteiger partial charge in [0.05, 0.1) is 11.6 Å². The fourth-order valence-electron chi connectivity index (χ4n) is 3.84. The Morgan fingerprint density at radius 3 is 2.55 bits per heavy atom. The summed E-state index contributed by atoms with van der Waals surface area (Å²) in [6.07, 6.45) is 0. The van der Waals surface area contributed by atoms with Gasteiger partial charge in [0.25, 0.3) is 0 Å². The van der Waals surface area contributed by atoms with Gasteiger partial charge in [-0.1, -0.05) is 53.2 Å². The van der Waals surface area contributed by atoms with Gasteiger partial charge in [0.1, 0.15) is 23.5 Å². The third-order valence-electron chi connectivity index (χ3n) is 5.63. The predicted octanol–water partition coefficient (Wildman–Crippen LogP) is 6.76. The zero-order chi connectivity index (χ0) is 27.2. The highest BCUT2D eigenvalue weighted by atomic mass is 35.5. The van der Waals surface area contributed by atoms with Crippen molar-refractivity contribution in [1.29, 1.82) is 0 Å². The second kappa shape index (κ2) is 12.3. The van der Waals surface area contributed by atoms with Gasteiger partial charge in [-0.2, -0.15) is 0 Å². The first-order valence-corrected chi connectivity index (χ1v) is 13.1. The second-order valence-electron chi connectivity index (χ2n) is 8.50. The first-order valence-electron chi connectivity index (χ1n) is 11.9. The van der Waals surface area contributed by atoms with Crippen LogP contribution in [0.5, 0.6) is 11.5 Å². The monoisotopic (exact) mass is 556 g/mol. The molecule has 0 aliphatic heterocycles. The van der Waals surface area contributed by atoms with Gasteiger partial charge in [-0.3, -0.25) is 14.7 Å².